The highest BCUT2D eigenvalue weighted by atomic mass is 35.5. The molecular weight excluding hydrogens is 462 g/mol. The minimum atomic E-state index is -0.339. The molecule has 0 bridgehead atoms. The number of carbonyl (C=O) groups is 2. The van der Waals surface area contributed by atoms with Crippen molar-refractivity contribution in [2.24, 2.45) is 13.0 Å². The van der Waals surface area contributed by atoms with Gasteiger partial charge in [-0.2, -0.15) is 0 Å². The van der Waals surface area contributed by atoms with E-state index in [2.05, 4.69) is 20.8 Å². The molecule has 0 saturated heterocycles. The summed E-state index contributed by atoms with van der Waals surface area (Å²) in [4.78, 5) is 25.1. The Morgan fingerprint density at radius 1 is 1.15 bits per heavy atom. The summed E-state index contributed by atoms with van der Waals surface area (Å²) in [6.07, 6.45) is 0. The molecular formula is C23H26ClN5O3S. The fourth-order valence-corrected chi connectivity index (χ4v) is 3.99. The number of thioether (sulfide) groups is 1. The molecule has 0 spiro atoms. The first-order valence-corrected chi connectivity index (χ1v) is 11.7. The molecule has 174 valence electrons. The maximum Gasteiger partial charge on any atom is 0.251 e. The fourth-order valence-electron chi connectivity index (χ4n) is 3.11. The Labute approximate surface area is 202 Å². The molecule has 0 aliphatic rings. The summed E-state index contributed by atoms with van der Waals surface area (Å²) in [6.45, 7) is 4.01. The molecule has 0 unspecified atom stereocenters. The average Bonchev–Trinajstić information content (AvgIpc) is 3.17. The molecule has 10 heteroatoms. The number of carbonyl (C=O) groups excluding carboxylic acids is 2. The van der Waals surface area contributed by atoms with Crippen molar-refractivity contribution in [3.63, 3.8) is 0 Å². The largest absolute Gasteiger partial charge is 0.497 e. The molecule has 1 heterocycles. The van der Waals surface area contributed by atoms with Crippen LogP contribution in [-0.2, 0) is 11.8 Å². The van der Waals surface area contributed by atoms with Gasteiger partial charge in [0.25, 0.3) is 5.91 Å². The van der Waals surface area contributed by atoms with Crippen LogP contribution in [0.4, 0.5) is 5.69 Å². The molecule has 1 aromatic heterocycles. The number of methoxy groups -OCH3 is 1. The zero-order valence-corrected chi connectivity index (χ0v) is 20.4. The van der Waals surface area contributed by atoms with Gasteiger partial charge in [-0.15, -0.1) is 10.2 Å². The van der Waals surface area contributed by atoms with E-state index in [1.165, 1.54) is 11.8 Å². The molecule has 3 aromatic rings. The van der Waals surface area contributed by atoms with Crippen LogP contribution in [0.1, 0.15) is 36.1 Å². The van der Waals surface area contributed by atoms with Crippen LogP contribution in [0, 0.1) is 5.92 Å². The van der Waals surface area contributed by atoms with Crippen LogP contribution in [0.15, 0.2) is 53.7 Å². The number of halogens is 1. The molecule has 0 aliphatic carbocycles. The van der Waals surface area contributed by atoms with Gasteiger partial charge in [-0.25, -0.2) is 0 Å². The van der Waals surface area contributed by atoms with Gasteiger partial charge in [-0.1, -0.05) is 55.4 Å². The van der Waals surface area contributed by atoms with E-state index >= 15 is 0 Å². The molecule has 8 nitrogen and oxygen atoms in total. The minimum absolute atomic E-state index is 0.0805. The molecule has 33 heavy (non-hydrogen) atoms. The monoisotopic (exact) mass is 487 g/mol. The predicted octanol–water partition coefficient (Wildman–Crippen LogP) is 4.34. The van der Waals surface area contributed by atoms with E-state index in [9.17, 15) is 9.59 Å². The van der Waals surface area contributed by atoms with E-state index in [4.69, 9.17) is 16.3 Å². The van der Waals surface area contributed by atoms with Crippen LogP contribution in [-0.4, -0.2) is 39.4 Å². The Hall–Kier alpha value is -3.04. The zero-order valence-electron chi connectivity index (χ0n) is 18.8. The zero-order chi connectivity index (χ0) is 24.0. The first kappa shape index (κ1) is 24.6. The number of hydrogen-bond acceptors (Lipinski definition) is 6. The lowest BCUT2D eigenvalue weighted by atomic mass is 10.0. The van der Waals surface area contributed by atoms with Crippen molar-refractivity contribution in [3.8, 4) is 5.75 Å². The summed E-state index contributed by atoms with van der Waals surface area (Å²) in [5.74, 6) is 0.989. The maximum absolute atomic E-state index is 12.7. The van der Waals surface area contributed by atoms with Crippen LogP contribution in [0.5, 0.6) is 5.75 Å². The third kappa shape index (κ3) is 6.27. The van der Waals surface area contributed by atoms with Gasteiger partial charge in [0.15, 0.2) is 11.0 Å². The van der Waals surface area contributed by atoms with E-state index in [0.29, 0.717) is 33.0 Å². The van der Waals surface area contributed by atoms with Crippen LogP contribution in [0.2, 0.25) is 5.02 Å². The molecule has 2 amide bonds. The highest BCUT2D eigenvalue weighted by molar-refractivity contribution is 7.99. The lowest BCUT2D eigenvalue weighted by molar-refractivity contribution is -0.113. The normalized spacial score (nSPS) is 11.8. The van der Waals surface area contributed by atoms with Gasteiger partial charge in [0.1, 0.15) is 5.75 Å². The van der Waals surface area contributed by atoms with E-state index in [0.717, 1.165) is 0 Å². The predicted molar refractivity (Wildman–Crippen MR) is 130 cm³/mol. The lowest BCUT2D eigenvalue weighted by Gasteiger charge is -2.21. The molecule has 0 aliphatic heterocycles. The molecule has 2 aromatic carbocycles. The first-order valence-electron chi connectivity index (χ1n) is 10.3. The molecule has 0 radical (unpaired) electrons. The van der Waals surface area contributed by atoms with Crippen molar-refractivity contribution in [3.05, 3.63) is 64.9 Å². The number of amides is 2. The Kier molecular flexibility index (Phi) is 8.35. The SMILES string of the molecule is COc1ccc(Cl)c(NC(=O)CSc2nnc([C@@H](NC(=O)c3ccccc3)C(C)C)n2C)c1. The molecule has 1 atom stereocenters. The quantitative estimate of drug-likeness (QED) is 0.436. The number of ether oxygens (including phenoxy) is 1. The number of nitrogens with zero attached hydrogens (tertiary/aromatic N) is 3. The van der Waals surface area contributed by atoms with Gasteiger partial charge in [0.05, 0.1) is 29.6 Å². The number of benzene rings is 2. The standard InChI is InChI=1S/C23H26ClN5O3S/c1-14(2)20(26-22(31)15-8-6-5-7-9-15)21-27-28-23(29(21)3)33-13-19(30)25-18-12-16(32-4)10-11-17(18)24/h5-12,14,20H,13H2,1-4H3,(H,25,30)(H,26,31)/t20-/m0/s1. The molecule has 0 saturated carbocycles. The van der Waals surface area contributed by atoms with Gasteiger partial charge < -0.3 is 19.9 Å². The summed E-state index contributed by atoms with van der Waals surface area (Å²) in [5.41, 5.74) is 1.05. The van der Waals surface area contributed by atoms with Crippen molar-refractivity contribution in [1.82, 2.24) is 20.1 Å². The lowest BCUT2D eigenvalue weighted by Crippen LogP contribution is -2.33. The number of nitrogens with one attached hydrogen (secondary N) is 2. The van der Waals surface area contributed by atoms with E-state index in [1.54, 1.807) is 42.0 Å². The number of anilines is 1. The summed E-state index contributed by atoms with van der Waals surface area (Å²) in [6, 6.07) is 13.7. The van der Waals surface area contributed by atoms with Crippen LogP contribution >= 0.6 is 23.4 Å². The molecule has 3 rings (SSSR count). The van der Waals surface area contributed by atoms with Gasteiger partial charge in [0, 0.05) is 18.7 Å². The topological polar surface area (TPSA) is 98.1 Å². The Balaban J connectivity index is 1.66. The van der Waals surface area contributed by atoms with E-state index in [-0.39, 0.29) is 29.5 Å². The Bertz CT molecular complexity index is 1120. The van der Waals surface area contributed by atoms with Crippen LogP contribution in [0.3, 0.4) is 0 Å². The smallest absolute Gasteiger partial charge is 0.251 e. The third-order valence-electron chi connectivity index (χ3n) is 4.92. The van der Waals surface area contributed by atoms with Crippen LogP contribution in [0.25, 0.3) is 0 Å². The number of aromatic nitrogens is 3. The summed E-state index contributed by atoms with van der Waals surface area (Å²) < 4.78 is 6.97. The Morgan fingerprint density at radius 2 is 1.88 bits per heavy atom. The summed E-state index contributed by atoms with van der Waals surface area (Å²) in [5, 5.41) is 15.3. The van der Waals surface area contributed by atoms with Gasteiger partial charge in [-0.05, 0) is 30.2 Å². The van der Waals surface area contributed by atoms with Crippen molar-refractivity contribution in [2.75, 3.05) is 18.2 Å². The molecule has 2 N–H and O–H groups in total. The highest BCUT2D eigenvalue weighted by Gasteiger charge is 2.25. The summed E-state index contributed by atoms with van der Waals surface area (Å²) >= 11 is 7.40. The van der Waals surface area contributed by atoms with Crippen molar-refractivity contribution in [2.45, 2.75) is 25.0 Å². The number of hydrogen-bond donors (Lipinski definition) is 2. The highest BCUT2D eigenvalue weighted by Crippen LogP contribution is 2.28. The maximum atomic E-state index is 12.7. The second kappa shape index (κ2) is 11.2. The van der Waals surface area contributed by atoms with Crippen molar-refractivity contribution < 1.29 is 14.3 Å². The average molecular weight is 488 g/mol. The molecule has 0 fully saturated rings. The van der Waals surface area contributed by atoms with E-state index in [1.807, 2.05) is 39.1 Å². The third-order valence-corrected chi connectivity index (χ3v) is 6.27. The van der Waals surface area contributed by atoms with Gasteiger partial charge in [0.2, 0.25) is 5.91 Å². The second-order valence-corrected chi connectivity index (χ2v) is 8.99. The van der Waals surface area contributed by atoms with Gasteiger partial charge >= 0.3 is 0 Å². The van der Waals surface area contributed by atoms with Crippen molar-refractivity contribution >= 4 is 40.9 Å². The summed E-state index contributed by atoms with van der Waals surface area (Å²) in [7, 11) is 3.36. The Morgan fingerprint density at radius 3 is 2.55 bits per heavy atom. The fraction of sp³-hybridized carbons (Fsp3) is 0.304. The van der Waals surface area contributed by atoms with E-state index < -0.39 is 0 Å². The van der Waals surface area contributed by atoms with Crippen molar-refractivity contribution in [1.29, 1.82) is 0 Å². The number of rotatable bonds is 9. The first-order chi connectivity index (χ1) is 15.8. The minimum Gasteiger partial charge on any atom is -0.497 e. The van der Waals surface area contributed by atoms with Crippen LogP contribution < -0.4 is 15.4 Å². The van der Waals surface area contributed by atoms with Gasteiger partial charge in [-0.3, -0.25) is 9.59 Å². The second-order valence-electron chi connectivity index (χ2n) is 7.64.